The summed E-state index contributed by atoms with van der Waals surface area (Å²) in [5.41, 5.74) is 3.78. The lowest BCUT2D eigenvalue weighted by atomic mass is 9.98. The average Bonchev–Trinajstić information content (AvgIpc) is 3.67. The number of nitrogens with zero attached hydrogens (tertiary/aromatic N) is 5. The smallest absolute Gasteiger partial charge is 0.332 e. The van der Waals surface area contributed by atoms with Gasteiger partial charge in [0, 0.05) is 56.4 Å². The quantitative estimate of drug-likeness (QED) is 0.266. The average molecular weight is 539 g/mol. The number of imidazole rings is 1. The molecule has 11 nitrogen and oxygen atoms in total. The van der Waals surface area contributed by atoms with E-state index in [1.165, 1.54) is 11.6 Å². The number of para-hydroxylation sites is 2. The van der Waals surface area contributed by atoms with Gasteiger partial charge in [-0.25, -0.2) is 4.79 Å². The number of fused-ring (bicyclic) bond motifs is 3. The SMILES string of the molecule is Cn1c(=O)c2c(nc(NCCc3c[nH]c4ccccc34)n2CC(=O)NCC[C@H]2C=Nc3ccccc32)n(C)c1=O. The fraction of sp³-hybridized carbons (Fsp3) is 0.276. The van der Waals surface area contributed by atoms with Crippen LogP contribution in [0, 0.1) is 0 Å². The number of aliphatic imine (C=N–C) groups is 1. The number of rotatable bonds is 9. The number of benzene rings is 2. The highest BCUT2D eigenvalue weighted by Crippen LogP contribution is 2.33. The van der Waals surface area contributed by atoms with E-state index in [1.54, 1.807) is 11.6 Å². The van der Waals surface area contributed by atoms with E-state index in [1.807, 2.05) is 48.8 Å². The van der Waals surface area contributed by atoms with Gasteiger partial charge in [0.15, 0.2) is 11.2 Å². The molecule has 0 spiro atoms. The minimum atomic E-state index is -0.498. The molecule has 4 heterocycles. The Morgan fingerprint density at radius 3 is 2.70 bits per heavy atom. The van der Waals surface area contributed by atoms with Gasteiger partial charge >= 0.3 is 5.69 Å². The Morgan fingerprint density at radius 2 is 1.82 bits per heavy atom. The Labute approximate surface area is 229 Å². The molecule has 0 saturated carbocycles. The Kier molecular flexibility index (Phi) is 6.54. The van der Waals surface area contributed by atoms with Crippen molar-refractivity contribution in [1.29, 1.82) is 0 Å². The van der Waals surface area contributed by atoms with Gasteiger partial charge in [0.1, 0.15) is 6.54 Å². The third-order valence-electron chi connectivity index (χ3n) is 7.51. The minimum absolute atomic E-state index is 0.116. The molecule has 5 aromatic rings. The number of amides is 1. The first-order valence-electron chi connectivity index (χ1n) is 13.3. The second kappa shape index (κ2) is 10.3. The Balaban J connectivity index is 1.21. The van der Waals surface area contributed by atoms with E-state index in [2.05, 4.69) is 37.7 Å². The van der Waals surface area contributed by atoms with Gasteiger partial charge in [-0.1, -0.05) is 36.4 Å². The molecule has 1 amide bonds. The Hall–Kier alpha value is -4.93. The van der Waals surface area contributed by atoms with Gasteiger partial charge in [-0.05, 0) is 36.1 Å². The zero-order valence-corrected chi connectivity index (χ0v) is 22.3. The zero-order valence-electron chi connectivity index (χ0n) is 22.3. The lowest BCUT2D eigenvalue weighted by Crippen LogP contribution is -2.38. The van der Waals surface area contributed by atoms with Crippen LogP contribution in [0.25, 0.3) is 22.1 Å². The number of aromatic amines is 1. The molecule has 3 aromatic heterocycles. The number of carbonyl (C=O) groups is 1. The van der Waals surface area contributed by atoms with E-state index in [9.17, 15) is 14.4 Å². The minimum Gasteiger partial charge on any atom is -0.361 e. The number of aromatic nitrogens is 5. The van der Waals surface area contributed by atoms with Crippen LogP contribution in [0.1, 0.15) is 23.5 Å². The van der Waals surface area contributed by atoms with Crippen LogP contribution >= 0.6 is 0 Å². The van der Waals surface area contributed by atoms with Gasteiger partial charge < -0.3 is 15.6 Å². The Morgan fingerprint density at radius 1 is 1.02 bits per heavy atom. The second-order valence-corrected chi connectivity index (χ2v) is 10.0. The summed E-state index contributed by atoms with van der Waals surface area (Å²) < 4.78 is 3.92. The van der Waals surface area contributed by atoms with Gasteiger partial charge in [-0.3, -0.25) is 28.3 Å². The maximum Gasteiger partial charge on any atom is 0.332 e. The summed E-state index contributed by atoms with van der Waals surface area (Å²) in [5, 5.41) is 7.41. The van der Waals surface area contributed by atoms with Crippen molar-refractivity contribution in [3.63, 3.8) is 0 Å². The largest absolute Gasteiger partial charge is 0.361 e. The summed E-state index contributed by atoms with van der Waals surface area (Å²) in [5.74, 6) is 0.257. The van der Waals surface area contributed by atoms with Crippen molar-refractivity contribution in [1.82, 2.24) is 29.0 Å². The normalized spacial score (nSPS) is 14.2. The van der Waals surface area contributed by atoms with E-state index < -0.39 is 11.2 Å². The van der Waals surface area contributed by atoms with E-state index in [-0.39, 0.29) is 29.5 Å². The second-order valence-electron chi connectivity index (χ2n) is 10.0. The number of hydrogen-bond donors (Lipinski definition) is 3. The predicted octanol–water partition coefficient (Wildman–Crippen LogP) is 2.58. The summed E-state index contributed by atoms with van der Waals surface area (Å²) >= 11 is 0. The molecule has 11 heteroatoms. The third kappa shape index (κ3) is 4.49. The number of aryl methyl sites for hydroxylation is 1. The number of hydrogen-bond acceptors (Lipinski definition) is 6. The van der Waals surface area contributed by atoms with Gasteiger partial charge in [-0.15, -0.1) is 0 Å². The molecule has 3 N–H and O–H groups in total. The summed E-state index contributed by atoms with van der Waals surface area (Å²) in [6, 6.07) is 16.1. The highest BCUT2D eigenvalue weighted by atomic mass is 16.2. The fourth-order valence-electron chi connectivity index (χ4n) is 5.35. The highest BCUT2D eigenvalue weighted by Gasteiger charge is 2.22. The van der Waals surface area contributed by atoms with Crippen molar-refractivity contribution in [2.24, 2.45) is 19.1 Å². The van der Waals surface area contributed by atoms with Crippen molar-refractivity contribution in [2.75, 3.05) is 18.4 Å². The van der Waals surface area contributed by atoms with Crippen LogP contribution in [0.3, 0.4) is 0 Å². The number of anilines is 1. The molecular weight excluding hydrogens is 508 g/mol. The van der Waals surface area contributed by atoms with Crippen LogP contribution in [0.15, 0.2) is 69.3 Å². The standard InChI is InChI=1S/C29H30N8O3/c1-35-26-25(27(39)36(2)29(35)40)37(17-24(38)30-13-11-18-15-32-22-9-5-3-7-20(18)22)28(34-26)31-14-12-19-16-33-23-10-6-4-8-21(19)23/h3-10,15-16,18,33H,11-14,17H2,1-2H3,(H,30,38)(H,31,34)/t18-/m0/s1. The summed E-state index contributed by atoms with van der Waals surface area (Å²) in [6.45, 7) is 0.854. The van der Waals surface area contributed by atoms with Crippen LogP contribution in [0.4, 0.5) is 11.6 Å². The first-order valence-corrected chi connectivity index (χ1v) is 13.3. The maximum atomic E-state index is 13.1. The van der Waals surface area contributed by atoms with Crippen LogP contribution in [-0.4, -0.2) is 48.9 Å². The van der Waals surface area contributed by atoms with Gasteiger partial charge in [-0.2, -0.15) is 4.98 Å². The molecule has 0 unspecified atom stereocenters. The van der Waals surface area contributed by atoms with E-state index >= 15 is 0 Å². The molecule has 0 aliphatic carbocycles. The Bertz CT molecular complexity index is 1890. The summed E-state index contributed by atoms with van der Waals surface area (Å²) in [7, 11) is 2.99. The van der Waals surface area contributed by atoms with Crippen molar-refractivity contribution < 1.29 is 4.79 Å². The first-order chi connectivity index (χ1) is 19.4. The van der Waals surface area contributed by atoms with Gasteiger partial charge in [0.05, 0.1) is 5.69 Å². The molecule has 0 radical (unpaired) electrons. The molecule has 0 bridgehead atoms. The van der Waals surface area contributed by atoms with Gasteiger partial charge in [0.2, 0.25) is 11.9 Å². The summed E-state index contributed by atoms with van der Waals surface area (Å²) in [6.07, 6.45) is 5.31. The van der Waals surface area contributed by atoms with Gasteiger partial charge in [0.25, 0.3) is 5.56 Å². The number of nitrogens with one attached hydrogen (secondary N) is 3. The van der Waals surface area contributed by atoms with Crippen molar-refractivity contribution in [3.05, 3.63) is 86.7 Å². The molecule has 1 aliphatic heterocycles. The van der Waals surface area contributed by atoms with E-state index in [0.717, 1.165) is 32.3 Å². The molecule has 40 heavy (non-hydrogen) atoms. The molecular formula is C29H30N8O3. The molecule has 0 saturated heterocycles. The molecule has 6 rings (SSSR count). The van der Waals surface area contributed by atoms with Crippen LogP contribution in [0.2, 0.25) is 0 Å². The topological polar surface area (TPSA) is 131 Å². The van der Waals surface area contributed by atoms with Crippen molar-refractivity contribution >= 4 is 45.8 Å². The fourth-order valence-corrected chi connectivity index (χ4v) is 5.35. The summed E-state index contributed by atoms with van der Waals surface area (Å²) in [4.78, 5) is 51.1. The van der Waals surface area contributed by atoms with E-state index in [4.69, 9.17) is 0 Å². The molecule has 0 fully saturated rings. The first kappa shape index (κ1) is 25.4. The lowest BCUT2D eigenvalue weighted by molar-refractivity contribution is -0.121. The monoisotopic (exact) mass is 538 g/mol. The molecule has 2 aromatic carbocycles. The van der Waals surface area contributed by atoms with Crippen LogP contribution in [-0.2, 0) is 31.9 Å². The molecule has 204 valence electrons. The van der Waals surface area contributed by atoms with E-state index in [0.29, 0.717) is 31.9 Å². The lowest BCUT2D eigenvalue weighted by Gasteiger charge is -2.13. The third-order valence-corrected chi connectivity index (χ3v) is 7.51. The predicted molar refractivity (Wildman–Crippen MR) is 156 cm³/mol. The number of carbonyl (C=O) groups excluding carboxylic acids is 1. The van der Waals surface area contributed by atoms with Crippen LogP contribution < -0.4 is 21.9 Å². The number of H-pyrrole nitrogens is 1. The zero-order chi connectivity index (χ0) is 27.8. The van der Waals surface area contributed by atoms with Crippen molar-refractivity contribution in [2.45, 2.75) is 25.3 Å². The van der Waals surface area contributed by atoms with Crippen molar-refractivity contribution in [3.8, 4) is 0 Å². The molecule has 1 atom stereocenters. The maximum absolute atomic E-state index is 13.1. The molecule has 1 aliphatic rings. The highest BCUT2D eigenvalue weighted by molar-refractivity contribution is 5.84. The van der Waals surface area contributed by atoms with Crippen LogP contribution in [0.5, 0.6) is 0 Å².